The van der Waals surface area contributed by atoms with E-state index in [1.54, 1.807) is 0 Å². The van der Waals surface area contributed by atoms with Gasteiger partial charge in [0.15, 0.2) is 0 Å². The molecule has 20 heavy (non-hydrogen) atoms. The number of carbonyl (C=O) groups is 1. The summed E-state index contributed by atoms with van der Waals surface area (Å²) in [4.78, 5) is 14.8. The van der Waals surface area contributed by atoms with Gasteiger partial charge in [-0.05, 0) is 32.1 Å². The molecule has 2 heterocycles. The van der Waals surface area contributed by atoms with Crippen molar-refractivity contribution < 1.29 is 9.53 Å². The van der Waals surface area contributed by atoms with Crippen molar-refractivity contribution in [1.82, 2.24) is 10.2 Å². The summed E-state index contributed by atoms with van der Waals surface area (Å²) in [6, 6.07) is -0.0125. The maximum absolute atomic E-state index is 12.7. The van der Waals surface area contributed by atoms with Crippen LogP contribution in [0.2, 0.25) is 0 Å². The molecule has 2 saturated heterocycles. The molecule has 116 valence electrons. The van der Waals surface area contributed by atoms with Gasteiger partial charge in [0.05, 0.1) is 24.4 Å². The number of carbonyl (C=O) groups excluding carboxylic acids is 1. The predicted molar refractivity (Wildman–Crippen MR) is 80.4 cm³/mol. The van der Waals surface area contributed by atoms with Gasteiger partial charge in [-0.1, -0.05) is 33.6 Å². The van der Waals surface area contributed by atoms with Crippen molar-refractivity contribution >= 4 is 5.91 Å². The van der Waals surface area contributed by atoms with Gasteiger partial charge in [-0.2, -0.15) is 0 Å². The van der Waals surface area contributed by atoms with Crippen LogP contribution in [-0.2, 0) is 9.53 Å². The van der Waals surface area contributed by atoms with Crippen molar-refractivity contribution in [2.45, 2.75) is 77.6 Å². The minimum atomic E-state index is -0.145. The van der Waals surface area contributed by atoms with E-state index in [0.29, 0.717) is 5.92 Å². The number of amides is 1. The Morgan fingerprint density at radius 1 is 1.50 bits per heavy atom. The lowest BCUT2D eigenvalue weighted by molar-refractivity contribution is -0.134. The summed E-state index contributed by atoms with van der Waals surface area (Å²) in [5.41, 5.74) is -0.145. The van der Waals surface area contributed by atoms with E-state index in [0.717, 1.165) is 45.3 Å². The highest BCUT2D eigenvalue weighted by molar-refractivity contribution is 5.84. The number of nitrogens with zero attached hydrogens (tertiary/aromatic N) is 1. The van der Waals surface area contributed by atoms with Crippen LogP contribution < -0.4 is 5.32 Å². The van der Waals surface area contributed by atoms with Crippen molar-refractivity contribution in [1.29, 1.82) is 0 Å². The molecule has 0 aliphatic carbocycles. The summed E-state index contributed by atoms with van der Waals surface area (Å²) in [6.45, 7) is 10.2. The Kier molecular flexibility index (Phi) is 5.08. The van der Waals surface area contributed by atoms with Gasteiger partial charge in [-0.3, -0.25) is 10.1 Å². The molecule has 1 amide bonds. The summed E-state index contributed by atoms with van der Waals surface area (Å²) < 4.78 is 5.88. The van der Waals surface area contributed by atoms with Crippen LogP contribution in [0.5, 0.6) is 0 Å². The fraction of sp³-hybridized carbons (Fsp3) is 0.938. The number of hydrogen-bond acceptors (Lipinski definition) is 3. The molecule has 4 nitrogen and oxygen atoms in total. The van der Waals surface area contributed by atoms with Gasteiger partial charge in [-0.15, -0.1) is 0 Å². The van der Waals surface area contributed by atoms with Crippen LogP contribution in [0.15, 0.2) is 0 Å². The van der Waals surface area contributed by atoms with Crippen molar-refractivity contribution in [3.05, 3.63) is 0 Å². The normalized spacial score (nSPS) is 35.8. The average molecular weight is 282 g/mol. The largest absolute Gasteiger partial charge is 0.373 e. The molecule has 0 aromatic heterocycles. The van der Waals surface area contributed by atoms with E-state index in [9.17, 15) is 4.79 Å². The molecular formula is C16H30N2O2. The van der Waals surface area contributed by atoms with Crippen molar-refractivity contribution in [2.24, 2.45) is 5.92 Å². The van der Waals surface area contributed by atoms with Crippen LogP contribution in [0.4, 0.5) is 0 Å². The molecule has 0 radical (unpaired) electrons. The maximum atomic E-state index is 12.7. The number of nitrogens with one attached hydrogen (secondary N) is 1. The molecule has 0 aromatic carbocycles. The Balaban J connectivity index is 2.08. The first-order chi connectivity index (χ1) is 9.50. The highest BCUT2D eigenvalue weighted by Crippen LogP contribution is 2.30. The molecule has 0 aromatic rings. The van der Waals surface area contributed by atoms with E-state index in [1.807, 2.05) is 4.90 Å². The fourth-order valence-corrected chi connectivity index (χ4v) is 3.37. The molecule has 0 saturated carbocycles. The van der Waals surface area contributed by atoms with Gasteiger partial charge >= 0.3 is 0 Å². The number of rotatable bonds is 6. The third kappa shape index (κ3) is 3.17. The first kappa shape index (κ1) is 15.8. The van der Waals surface area contributed by atoms with Crippen LogP contribution in [0.3, 0.4) is 0 Å². The second-order valence-corrected chi connectivity index (χ2v) is 6.70. The maximum Gasteiger partial charge on any atom is 0.241 e. The molecular weight excluding hydrogens is 252 g/mol. The van der Waals surface area contributed by atoms with Crippen molar-refractivity contribution in [2.75, 3.05) is 13.2 Å². The Hall–Kier alpha value is -0.610. The van der Waals surface area contributed by atoms with E-state index < -0.39 is 0 Å². The predicted octanol–water partition coefficient (Wildman–Crippen LogP) is 2.53. The SMILES string of the molecule is CCCC1NC(C(C)CC)C(=O)N1CC1(C)CCCO1. The van der Waals surface area contributed by atoms with E-state index in [2.05, 4.69) is 33.0 Å². The molecule has 0 bridgehead atoms. The first-order valence-electron chi connectivity index (χ1n) is 8.21. The third-order valence-electron chi connectivity index (χ3n) is 4.88. The Morgan fingerprint density at radius 2 is 2.25 bits per heavy atom. The van der Waals surface area contributed by atoms with Gasteiger partial charge in [0, 0.05) is 6.61 Å². The van der Waals surface area contributed by atoms with E-state index >= 15 is 0 Å². The summed E-state index contributed by atoms with van der Waals surface area (Å²) in [6.07, 6.45) is 5.50. The molecule has 4 unspecified atom stereocenters. The molecule has 4 heteroatoms. The highest BCUT2D eigenvalue weighted by atomic mass is 16.5. The zero-order valence-electron chi connectivity index (χ0n) is 13.4. The van der Waals surface area contributed by atoms with E-state index in [4.69, 9.17) is 4.74 Å². The van der Waals surface area contributed by atoms with Crippen LogP contribution in [0, 0.1) is 5.92 Å². The number of hydrogen-bond donors (Lipinski definition) is 1. The topological polar surface area (TPSA) is 41.6 Å². The van der Waals surface area contributed by atoms with Crippen LogP contribution in [0.25, 0.3) is 0 Å². The van der Waals surface area contributed by atoms with Gasteiger partial charge in [0.25, 0.3) is 0 Å². The molecule has 1 N–H and O–H groups in total. The van der Waals surface area contributed by atoms with Crippen LogP contribution in [0.1, 0.15) is 59.8 Å². The van der Waals surface area contributed by atoms with E-state index in [-0.39, 0.29) is 23.7 Å². The summed E-state index contributed by atoms with van der Waals surface area (Å²) in [5.74, 6) is 0.665. The van der Waals surface area contributed by atoms with Gasteiger partial charge in [0.2, 0.25) is 5.91 Å². The first-order valence-corrected chi connectivity index (χ1v) is 8.21. The van der Waals surface area contributed by atoms with Crippen LogP contribution >= 0.6 is 0 Å². The molecule has 2 aliphatic rings. The molecule has 2 rings (SSSR count). The zero-order chi connectivity index (χ0) is 14.8. The monoisotopic (exact) mass is 282 g/mol. The Morgan fingerprint density at radius 3 is 2.80 bits per heavy atom. The zero-order valence-corrected chi connectivity index (χ0v) is 13.4. The molecule has 4 atom stereocenters. The minimum absolute atomic E-state index is 0.0125. The standard InChI is InChI=1S/C16H30N2O2/c1-5-8-13-17-14(12(3)6-2)15(19)18(13)11-16(4)9-7-10-20-16/h12-14,17H,5-11H2,1-4H3. The fourth-order valence-electron chi connectivity index (χ4n) is 3.37. The summed E-state index contributed by atoms with van der Waals surface area (Å²) >= 11 is 0. The third-order valence-corrected chi connectivity index (χ3v) is 4.88. The molecule has 0 spiro atoms. The van der Waals surface area contributed by atoms with Crippen molar-refractivity contribution in [3.8, 4) is 0 Å². The lowest BCUT2D eigenvalue weighted by Gasteiger charge is -2.32. The summed E-state index contributed by atoms with van der Waals surface area (Å²) in [7, 11) is 0. The Labute approximate surface area is 123 Å². The van der Waals surface area contributed by atoms with Crippen molar-refractivity contribution in [3.63, 3.8) is 0 Å². The molecule has 2 aliphatic heterocycles. The second-order valence-electron chi connectivity index (χ2n) is 6.70. The average Bonchev–Trinajstić information content (AvgIpc) is 2.97. The van der Waals surface area contributed by atoms with Gasteiger partial charge in [0.1, 0.15) is 0 Å². The lowest BCUT2D eigenvalue weighted by Crippen LogP contribution is -2.46. The Bertz CT molecular complexity index is 339. The lowest BCUT2D eigenvalue weighted by atomic mass is 9.98. The van der Waals surface area contributed by atoms with Gasteiger partial charge < -0.3 is 9.64 Å². The second kappa shape index (κ2) is 6.44. The molecule has 2 fully saturated rings. The minimum Gasteiger partial charge on any atom is -0.373 e. The summed E-state index contributed by atoms with van der Waals surface area (Å²) in [5, 5.41) is 3.55. The quantitative estimate of drug-likeness (QED) is 0.814. The smallest absolute Gasteiger partial charge is 0.241 e. The highest BCUT2D eigenvalue weighted by Gasteiger charge is 2.44. The van der Waals surface area contributed by atoms with E-state index in [1.165, 1.54) is 0 Å². The number of ether oxygens (including phenoxy) is 1. The van der Waals surface area contributed by atoms with Gasteiger partial charge in [-0.25, -0.2) is 0 Å². The van der Waals surface area contributed by atoms with Crippen LogP contribution in [-0.4, -0.2) is 41.8 Å².